The highest BCUT2D eigenvalue weighted by molar-refractivity contribution is 5.90. The topological polar surface area (TPSA) is 73.9 Å². The monoisotopic (exact) mass is 279 g/mol. The molecule has 1 aliphatic rings. The molecular weight excluding hydrogens is 254 g/mol. The van der Waals surface area contributed by atoms with Crippen molar-refractivity contribution in [3.05, 3.63) is 11.6 Å². The normalized spacial score (nSPS) is 17.6. The number of carbonyl (C=O) groups excluding carboxylic acids is 1. The van der Waals surface area contributed by atoms with Gasteiger partial charge in [0.25, 0.3) is 5.91 Å². The van der Waals surface area contributed by atoms with E-state index >= 15 is 0 Å². The summed E-state index contributed by atoms with van der Waals surface area (Å²) < 4.78 is 0. The number of aromatic amines is 1. The van der Waals surface area contributed by atoms with Gasteiger partial charge in [0.05, 0.1) is 0 Å². The van der Waals surface area contributed by atoms with Gasteiger partial charge in [0, 0.05) is 12.5 Å². The molecule has 1 aromatic rings. The number of aromatic nitrogens is 3. The molecule has 1 fully saturated rings. The van der Waals surface area contributed by atoms with Crippen molar-refractivity contribution in [3.63, 3.8) is 0 Å². The molecule has 2 heterocycles. The highest BCUT2D eigenvalue weighted by Gasteiger charge is 2.18. The van der Waals surface area contributed by atoms with Crippen LogP contribution in [0.15, 0.2) is 0 Å². The first kappa shape index (κ1) is 15.0. The van der Waals surface area contributed by atoms with Crippen LogP contribution in [0.25, 0.3) is 0 Å². The average molecular weight is 279 g/mol. The summed E-state index contributed by atoms with van der Waals surface area (Å²) in [5.41, 5.74) is 0. The summed E-state index contributed by atoms with van der Waals surface area (Å²) in [6.07, 6.45) is 3.50. The largest absolute Gasteiger partial charge is 0.349 e. The van der Waals surface area contributed by atoms with Crippen LogP contribution in [0.2, 0.25) is 0 Å². The molecule has 0 atom stereocenters. The molecule has 20 heavy (non-hydrogen) atoms. The minimum atomic E-state index is -0.180. The lowest BCUT2D eigenvalue weighted by atomic mass is 9.94. The van der Waals surface area contributed by atoms with E-state index in [1.54, 1.807) is 0 Å². The van der Waals surface area contributed by atoms with E-state index < -0.39 is 0 Å². The Hall–Kier alpha value is -1.43. The zero-order chi connectivity index (χ0) is 14.5. The van der Waals surface area contributed by atoms with Gasteiger partial charge in [0.1, 0.15) is 5.82 Å². The van der Waals surface area contributed by atoms with Crippen LogP contribution in [0.3, 0.4) is 0 Å². The maximum absolute atomic E-state index is 11.9. The van der Waals surface area contributed by atoms with Crippen molar-refractivity contribution in [2.24, 2.45) is 5.92 Å². The summed E-state index contributed by atoms with van der Waals surface area (Å²) in [6, 6.07) is 0. The number of nitrogens with one attached hydrogen (secondary N) is 2. The maximum atomic E-state index is 11.9. The van der Waals surface area contributed by atoms with E-state index in [1.165, 1.54) is 12.8 Å². The third kappa shape index (κ3) is 4.03. The molecule has 0 aliphatic carbocycles. The first-order valence-corrected chi connectivity index (χ1v) is 7.45. The van der Waals surface area contributed by atoms with E-state index in [0.29, 0.717) is 6.54 Å². The summed E-state index contributed by atoms with van der Waals surface area (Å²) in [5, 5.41) is 9.67. The van der Waals surface area contributed by atoms with Gasteiger partial charge in [0.15, 0.2) is 0 Å². The first-order chi connectivity index (χ1) is 9.56. The predicted molar refractivity (Wildman–Crippen MR) is 77.6 cm³/mol. The molecule has 6 nitrogen and oxygen atoms in total. The number of piperidine rings is 1. The Balaban J connectivity index is 1.72. The van der Waals surface area contributed by atoms with Crippen LogP contribution in [-0.4, -0.2) is 52.7 Å². The molecule has 1 aromatic heterocycles. The molecule has 0 bridgehead atoms. The van der Waals surface area contributed by atoms with Crippen molar-refractivity contribution in [2.45, 2.75) is 39.0 Å². The summed E-state index contributed by atoms with van der Waals surface area (Å²) in [6.45, 7) is 7.07. The Labute approximate surface area is 120 Å². The van der Waals surface area contributed by atoms with Crippen molar-refractivity contribution < 1.29 is 4.79 Å². The van der Waals surface area contributed by atoms with E-state index in [1.807, 2.05) is 13.8 Å². The molecule has 2 rings (SSSR count). The van der Waals surface area contributed by atoms with Crippen molar-refractivity contribution >= 4 is 5.91 Å². The zero-order valence-corrected chi connectivity index (χ0v) is 12.6. The van der Waals surface area contributed by atoms with Crippen LogP contribution in [0.1, 0.15) is 55.5 Å². The summed E-state index contributed by atoms with van der Waals surface area (Å²) in [5.74, 6) is 1.80. The summed E-state index contributed by atoms with van der Waals surface area (Å²) in [4.78, 5) is 18.5. The minimum absolute atomic E-state index is 0.180. The number of likely N-dealkylation sites (tertiary alicyclic amines) is 1. The van der Waals surface area contributed by atoms with Gasteiger partial charge >= 0.3 is 0 Å². The Kier molecular flexibility index (Phi) is 5.11. The fourth-order valence-corrected chi connectivity index (χ4v) is 2.45. The lowest BCUT2D eigenvalue weighted by Crippen LogP contribution is -2.33. The second-order valence-corrected chi connectivity index (χ2v) is 5.99. The fraction of sp³-hybridized carbons (Fsp3) is 0.786. The SMILES string of the molecule is CC(C)c1nc(C(=O)NCCC2CCN(C)CC2)n[nH]1. The van der Waals surface area contributed by atoms with Crippen molar-refractivity contribution in [1.82, 2.24) is 25.4 Å². The van der Waals surface area contributed by atoms with Crippen molar-refractivity contribution in [3.8, 4) is 0 Å². The van der Waals surface area contributed by atoms with Crippen LogP contribution in [0.5, 0.6) is 0 Å². The van der Waals surface area contributed by atoms with Crippen molar-refractivity contribution in [2.75, 3.05) is 26.7 Å². The number of rotatable bonds is 5. The second kappa shape index (κ2) is 6.83. The number of nitrogens with zero attached hydrogens (tertiary/aromatic N) is 3. The van der Waals surface area contributed by atoms with Gasteiger partial charge in [0.2, 0.25) is 5.82 Å². The molecule has 0 unspecified atom stereocenters. The Morgan fingerprint density at radius 2 is 2.15 bits per heavy atom. The Morgan fingerprint density at radius 1 is 1.45 bits per heavy atom. The third-order valence-corrected chi connectivity index (χ3v) is 3.93. The van der Waals surface area contributed by atoms with E-state index in [-0.39, 0.29) is 17.6 Å². The van der Waals surface area contributed by atoms with Crippen LogP contribution >= 0.6 is 0 Å². The van der Waals surface area contributed by atoms with Gasteiger partial charge in [-0.05, 0) is 45.3 Å². The van der Waals surface area contributed by atoms with Gasteiger partial charge in [-0.3, -0.25) is 9.89 Å². The van der Waals surface area contributed by atoms with Gasteiger partial charge in [-0.25, -0.2) is 4.98 Å². The van der Waals surface area contributed by atoms with E-state index in [0.717, 1.165) is 31.3 Å². The highest BCUT2D eigenvalue weighted by atomic mass is 16.2. The second-order valence-electron chi connectivity index (χ2n) is 5.99. The number of hydrogen-bond acceptors (Lipinski definition) is 4. The van der Waals surface area contributed by atoms with Crippen LogP contribution in [0, 0.1) is 5.92 Å². The predicted octanol–water partition coefficient (Wildman–Crippen LogP) is 1.39. The number of H-pyrrole nitrogens is 1. The van der Waals surface area contributed by atoms with Gasteiger partial charge in [-0.2, -0.15) is 0 Å². The maximum Gasteiger partial charge on any atom is 0.290 e. The van der Waals surface area contributed by atoms with Gasteiger partial charge < -0.3 is 10.2 Å². The molecule has 0 spiro atoms. The molecule has 112 valence electrons. The molecule has 6 heteroatoms. The number of hydrogen-bond donors (Lipinski definition) is 2. The summed E-state index contributed by atoms with van der Waals surface area (Å²) >= 11 is 0. The van der Waals surface area contributed by atoms with Gasteiger partial charge in [-0.15, -0.1) is 5.10 Å². The highest BCUT2D eigenvalue weighted by Crippen LogP contribution is 2.18. The quantitative estimate of drug-likeness (QED) is 0.854. The first-order valence-electron chi connectivity index (χ1n) is 7.45. The molecule has 0 aromatic carbocycles. The standard InChI is InChI=1S/C14H25N5O/c1-10(2)12-16-13(18-17-12)14(20)15-7-4-11-5-8-19(3)9-6-11/h10-11H,4-9H2,1-3H3,(H,15,20)(H,16,17,18). The molecular formula is C14H25N5O. The molecule has 1 amide bonds. The Bertz CT molecular complexity index is 435. The summed E-state index contributed by atoms with van der Waals surface area (Å²) in [7, 11) is 2.16. The van der Waals surface area contributed by atoms with E-state index in [2.05, 4.69) is 32.4 Å². The molecule has 1 aliphatic heterocycles. The van der Waals surface area contributed by atoms with Crippen LogP contribution in [0.4, 0.5) is 0 Å². The van der Waals surface area contributed by atoms with Crippen LogP contribution in [-0.2, 0) is 0 Å². The van der Waals surface area contributed by atoms with Gasteiger partial charge in [-0.1, -0.05) is 13.8 Å². The fourth-order valence-electron chi connectivity index (χ4n) is 2.45. The Morgan fingerprint density at radius 3 is 2.75 bits per heavy atom. The number of amides is 1. The van der Waals surface area contributed by atoms with E-state index in [9.17, 15) is 4.79 Å². The lowest BCUT2D eigenvalue weighted by molar-refractivity contribution is 0.0939. The number of carbonyl (C=O) groups is 1. The zero-order valence-electron chi connectivity index (χ0n) is 12.6. The van der Waals surface area contributed by atoms with E-state index in [4.69, 9.17) is 0 Å². The molecule has 0 saturated carbocycles. The molecule has 1 saturated heterocycles. The third-order valence-electron chi connectivity index (χ3n) is 3.93. The lowest BCUT2D eigenvalue weighted by Gasteiger charge is -2.28. The smallest absolute Gasteiger partial charge is 0.290 e. The average Bonchev–Trinajstić information content (AvgIpc) is 2.91. The molecule has 0 radical (unpaired) electrons. The van der Waals surface area contributed by atoms with Crippen molar-refractivity contribution in [1.29, 1.82) is 0 Å². The minimum Gasteiger partial charge on any atom is -0.349 e. The van der Waals surface area contributed by atoms with Crippen LogP contribution < -0.4 is 5.32 Å². The molecule has 2 N–H and O–H groups in total.